The lowest BCUT2D eigenvalue weighted by atomic mass is 9.82. The summed E-state index contributed by atoms with van der Waals surface area (Å²) in [6.45, 7) is 0.900. The molecule has 1 aromatic rings. The highest BCUT2D eigenvalue weighted by Crippen LogP contribution is 2.27. The van der Waals surface area contributed by atoms with E-state index in [4.69, 9.17) is 5.11 Å². The van der Waals surface area contributed by atoms with Gasteiger partial charge in [-0.1, -0.05) is 6.07 Å². The van der Waals surface area contributed by atoms with E-state index in [0.717, 1.165) is 31.0 Å². The Morgan fingerprint density at radius 3 is 2.80 bits per heavy atom. The van der Waals surface area contributed by atoms with Crippen LogP contribution in [-0.2, 0) is 0 Å². The Bertz CT molecular complexity index is 323. The van der Waals surface area contributed by atoms with E-state index in [1.807, 2.05) is 25.2 Å². The van der Waals surface area contributed by atoms with E-state index < -0.39 is 0 Å². The Morgan fingerprint density at radius 1 is 1.40 bits per heavy atom. The molecule has 1 aliphatic rings. The first-order valence-electron chi connectivity index (χ1n) is 5.34. The van der Waals surface area contributed by atoms with Crippen molar-refractivity contribution in [1.29, 1.82) is 0 Å². The van der Waals surface area contributed by atoms with Gasteiger partial charge in [0, 0.05) is 13.6 Å². The number of anilines is 2. The molecule has 0 unspecified atom stereocenters. The fourth-order valence-corrected chi connectivity index (χ4v) is 1.79. The summed E-state index contributed by atoms with van der Waals surface area (Å²) in [5, 5.41) is 15.4. The minimum Gasteiger partial charge on any atom is -0.393 e. The SMILES string of the molecule is CNc1cccc(NCC2CC(O)C2)n1. The van der Waals surface area contributed by atoms with Crippen molar-refractivity contribution in [3.05, 3.63) is 18.2 Å². The summed E-state index contributed by atoms with van der Waals surface area (Å²) in [5.41, 5.74) is 0. The van der Waals surface area contributed by atoms with Crippen molar-refractivity contribution >= 4 is 11.6 Å². The molecule has 82 valence electrons. The van der Waals surface area contributed by atoms with Crippen LogP contribution in [0.1, 0.15) is 12.8 Å². The second-order valence-electron chi connectivity index (χ2n) is 4.03. The van der Waals surface area contributed by atoms with Crippen molar-refractivity contribution in [2.45, 2.75) is 18.9 Å². The number of aliphatic hydroxyl groups is 1. The van der Waals surface area contributed by atoms with E-state index in [0.29, 0.717) is 5.92 Å². The van der Waals surface area contributed by atoms with Crippen LogP contribution in [0, 0.1) is 5.92 Å². The van der Waals surface area contributed by atoms with Crippen molar-refractivity contribution in [3.8, 4) is 0 Å². The topological polar surface area (TPSA) is 57.2 Å². The van der Waals surface area contributed by atoms with Gasteiger partial charge in [-0.25, -0.2) is 4.98 Å². The summed E-state index contributed by atoms with van der Waals surface area (Å²) < 4.78 is 0. The average Bonchev–Trinajstić information content (AvgIpc) is 2.23. The quantitative estimate of drug-likeness (QED) is 0.696. The number of hydrogen-bond donors (Lipinski definition) is 3. The molecule has 4 nitrogen and oxygen atoms in total. The Hall–Kier alpha value is -1.29. The second-order valence-corrected chi connectivity index (χ2v) is 4.03. The van der Waals surface area contributed by atoms with Crippen LogP contribution < -0.4 is 10.6 Å². The van der Waals surface area contributed by atoms with Crippen LogP contribution in [0.4, 0.5) is 11.6 Å². The molecule has 0 bridgehead atoms. The van der Waals surface area contributed by atoms with Crippen LogP contribution >= 0.6 is 0 Å². The summed E-state index contributed by atoms with van der Waals surface area (Å²) >= 11 is 0. The van der Waals surface area contributed by atoms with E-state index in [9.17, 15) is 0 Å². The monoisotopic (exact) mass is 207 g/mol. The molecule has 0 radical (unpaired) electrons. The first kappa shape index (κ1) is 10.2. The maximum Gasteiger partial charge on any atom is 0.128 e. The number of pyridine rings is 1. The van der Waals surface area contributed by atoms with Gasteiger partial charge in [-0.2, -0.15) is 0 Å². The number of hydrogen-bond acceptors (Lipinski definition) is 4. The highest BCUT2D eigenvalue weighted by Gasteiger charge is 2.26. The Labute approximate surface area is 89.7 Å². The molecule has 1 aliphatic carbocycles. The highest BCUT2D eigenvalue weighted by atomic mass is 16.3. The highest BCUT2D eigenvalue weighted by molar-refractivity contribution is 5.44. The van der Waals surface area contributed by atoms with Crippen LogP contribution in [0.5, 0.6) is 0 Å². The van der Waals surface area contributed by atoms with Gasteiger partial charge in [0.1, 0.15) is 11.6 Å². The minimum absolute atomic E-state index is 0.0756. The molecule has 2 rings (SSSR count). The predicted molar refractivity (Wildman–Crippen MR) is 61.0 cm³/mol. The molecule has 1 heterocycles. The molecule has 0 amide bonds. The van der Waals surface area contributed by atoms with Crippen molar-refractivity contribution in [2.24, 2.45) is 5.92 Å². The molecule has 0 aliphatic heterocycles. The van der Waals surface area contributed by atoms with Gasteiger partial charge in [-0.05, 0) is 30.9 Å². The number of aromatic nitrogens is 1. The van der Waals surface area contributed by atoms with E-state index in [-0.39, 0.29) is 6.10 Å². The zero-order chi connectivity index (χ0) is 10.7. The lowest BCUT2D eigenvalue weighted by molar-refractivity contribution is 0.0486. The molecule has 3 N–H and O–H groups in total. The molecule has 0 atom stereocenters. The molecule has 1 aromatic heterocycles. The maximum absolute atomic E-state index is 9.14. The molecule has 15 heavy (non-hydrogen) atoms. The van der Waals surface area contributed by atoms with Crippen molar-refractivity contribution in [3.63, 3.8) is 0 Å². The van der Waals surface area contributed by atoms with Gasteiger partial charge >= 0.3 is 0 Å². The second kappa shape index (κ2) is 4.49. The van der Waals surface area contributed by atoms with E-state index >= 15 is 0 Å². The number of nitrogens with zero attached hydrogens (tertiary/aromatic N) is 1. The summed E-state index contributed by atoms with van der Waals surface area (Å²) in [7, 11) is 1.86. The van der Waals surface area contributed by atoms with E-state index in [1.165, 1.54) is 0 Å². The van der Waals surface area contributed by atoms with Crippen LogP contribution in [0.3, 0.4) is 0 Å². The molecular weight excluding hydrogens is 190 g/mol. The number of aliphatic hydroxyl groups excluding tert-OH is 1. The number of nitrogens with one attached hydrogen (secondary N) is 2. The van der Waals surface area contributed by atoms with Gasteiger partial charge in [0.25, 0.3) is 0 Å². The van der Waals surface area contributed by atoms with E-state index in [1.54, 1.807) is 0 Å². The summed E-state index contributed by atoms with van der Waals surface area (Å²) in [6.07, 6.45) is 1.76. The van der Waals surface area contributed by atoms with Crippen molar-refractivity contribution in [1.82, 2.24) is 4.98 Å². The van der Waals surface area contributed by atoms with Crippen molar-refractivity contribution < 1.29 is 5.11 Å². The lowest BCUT2D eigenvalue weighted by Gasteiger charge is -2.31. The van der Waals surface area contributed by atoms with Gasteiger partial charge in [-0.15, -0.1) is 0 Å². The first-order valence-corrected chi connectivity index (χ1v) is 5.34. The Kier molecular flexibility index (Phi) is 3.06. The minimum atomic E-state index is -0.0756. The largest absolute Gasteiger partial charge is 0.393 e. The van der Waals surface area contributed by atoms with Gasteiger partial charge in [0.05, 0.1) is 6.10 Å². The van der Waals surface area contributed by atoms with Crippen LogP contribution in [0.25, 0.3) is 0 Å². The summed E-state index contributed by atoms with van der Waals surface area (Å²) in [4.78, 5) is 4.36. The molecule has 0 aromatic carbocycles. The fraction of sp³-hybridized carbons (Fsp3) is 0.545. The van der Waals surface area contributed by atoms with Crippen LogP contribution in [0.15, 0.2) is 18.2 Å². The molecule has 1 fully saturated rings. The summed E-state index contributed by atoms with van der Waals surface area (Å²) in [6, 6.07) is 5.85. The normalized spacial score (nSPS) is 24.4. The Morgan fingerprint density at radius 2 is 2.13 bits per heavy atom. The lowest BCUT2D eigenvalue weighted by Crippen LogP contribution is -2.33. The zero-order valence-corrected chi connectivity index (χ0v) is 8.90. The molecular formula is C11H17N3O. The zero-order valence-electron chi connectivity index (χ0n) is 8.90. The van der Waals surface area contributed by atoms with Gasteiger partial charge in [0.15, 0.2) is 0 Å². The fourth-order valence-electron chi connectivity index (χ4n) is 1.79. The molecule has 1 saturated carbocycles. The third-order valence-electron chi connectivity index (χ3n) is 2.79. The van der Waals surface area contributed by atoms with Crippen molar-refractivity contribution in [2.75, 3.05) is 24.2 Å². The predicted octanol–water partition coefficient (Wildman–Crippen LogP) is 1.31. The van der Waals surface area contributed by atoms with Gasteiger partial charge in [-0.3, -0.25) is 0 Å². The Balaban J connectivity index is 1.82. The first-order chi connectivity index (χ1) is 7.28. The smallest absolute Gasteiger partial charge is 0.128 e. The summed E-state index contributed by atoms with van der Waals surface area (Å²) in [5.74, 6) is 2.36. The third kappa shape index (κ3) is 2.59. The average molecular weight is 207 g/mol. The molecule has 4 heteroatoms. The molecule has 0 spiro atoms. The number of rotatable bonds is 4. The van der Waals surface area contributed by atoms with E-state index in [2.05, 4.69) is 15.6 Å². The van der Waals surface area contributed by atoms with Crippen LogP contribution in [-0.4, -0.2) is 29.8 Å². The standard InChI is InChI=1S/C11H17N3O/c1-12-10-3-2-4-11(14-10)13-7-8-5-9(15)6-8/h2-4,8-9,15H,5-7H2,1H3,(H2,12,13,14). The van der Waals surface area contributed by atoms with Gasteiger partial charge in [0.2, 0.25) is 0 Å². The molecule has 0 saturated heterocycles. The third-order valence-corrected chi connectivity index (χ3v) is 2.79. The van der Waals surface area contributed by atoms with Crippen LogP contribution in [0.2, 0.25) is 0 Å². The maximum atomic E-state index is 9.14. The van der Waals surface area contributed by atoms with Gasteiger partial charge < -0.3 is 15.7 Å².